The first kappa shape index (κ1) is 10.0. The summed E-state index contributed by atoms with van der Waals surface area (Å²) in [5.41, 5.74) is -0.116. The van der Waals surface area contributed by atoms with Gasteiger partial charge < -0.3 is 9.47 Å². The van der Waals surface area contributed by atoms with Gasteiger partial charge in [-0.05, 0) is 0 Å². The lowest BCUT2D eigenvalue weighted by Crippen LogP contribution is -2.40. The number of carbonyl (C=O) groups excluding carboxylic acids is 1. The quantitative estimate of drug-likeness (QED) is 0.572. The van der Waals surface area contributed by atoms with E-state index >= 15 is 0 Å². The summed E-state index contributed by atoms with van der Waals surface area (Å²) in [6, 6.07) is -0.509. The van der Waals surface area contributed by atoms with E-state index in [4.69, 9.17) is 4.74 Å². The molecule has 2 atom stereocenters. The minimum Gasteiger partial charge on any atom is -0.477 e. The van der Waals surface area contributed by atoms with Gasteiger partial charge in [-0.2, -0.15) is 0 Å². The van der Waals surface area contributed by atoms with Crippen molar-refractivity contribution in [1.82, 2.24) is 0 Å². The minimum absolute atomic E-state index is 0.116. The van der Waals surface area contributed by atoms with Crippen LogP contribution in [0.5, 0.6) is 0 Å². The molecule has 4 nitrogen and oxygen atoms in total. The summed E-state index contributed by atoms with van der Waals surface area (Å²) in [7, 11) is 1.36. The van der Waals surface area contributed by atoms with Crippen molar-refractivity contribution >= 4 is 12.4 Å². The number of rotatable bonds is 1. The van der Waals surface area contributed by atoms with Crippen molar-refractivity contribution < 1.29 is 14.3 Å². The van der Waals surface area contributed by atoms with Crippen molar-refractivity contribution in [2.24, 2.45) is 10.4 Å². The Morgan fingerprint density at radius 1 is 1.54 bits per heavy atom. The van der Waals surface area contributed by atoms with Crippen LogP contribution >= 0.6 is 0 Å². The van der Waals surface area contributed by atoms with Gasteiger partial charge in [-0.25, -0.2) is 9.79 Å². The first-order chi connectivity index (χ1) is 5.96. The highest BCUT2D eigenvalue weighted by Crippen LogP contribution is 2.29. The average Bonchev–Trinajstić information content (AvgIpc) is 2.49. The summed E-state index contributed by atoms with van der Waals surface area (Å²) >= 11 is 0. The third-order valence-corrected chi connectivity index (χ3v) is 2.01. The molecule has 0 amide bonds. The van der Waals surface area contributed by atoms with E-state index in [0.717, 1.165) is 0 Å². The maximum absolute atomic E-state index is 11.3. The first-order valence-electron chi connectivity index (χ1n) is 4.21. The van der Waals surface area contributed by atoms with E-state index in [2.05, 4.69) is 9.73 Å². The molecule has 0 unspecified atom stereocenters. The number of carbonyl (C=O) groups is 1. The van der Waals surface area contributed by atoms with Gasteiger partial charge in [-0.3, -0.25) is 0 Å². The maximum atomic E-state index is 11.3. The van der Waals surface area contributed by atoms with Crippen LogP contribution in [-0.2, 0) is 14.3 Å². The van der Waals surface area contributed by atoms with Gasteiger partial charge in [0.25, 0.3) is 0 Å². The molecule has 0 aromatic carbocycles. The van der Waals surface area contributed by atoms with Crippen molar-refractivity contribution in [2.75, 3.05) is 7.11 Å². The lowest BCUT2D eigenvalue weighted by Gasteiger charge is -2.28. The molecule has 1 aliphatic heterocycles. The Morgan fingerprint density at radius 2 is 2.15 bits per heavy atom. The van der Waals surface area contributed by atoms with Gasteiger partial charge in [0, 0.05) is 5.41 Å². The number of hydrogen-bond donors (Lipinski definition) is 0. The Kier molecular flexibility index (Phi) is 2.59. The molecule has 0 spiro atoms. The lowest BCUT2D eigenvalue weighted by molar-refractivity contribution is -0.145. The largest absolute Gasteiger partial charge is 0.477 e. The van der Waals surface area contributed by atoms with Crippen LogP contribution in [0.15, 0.2) is 4.99 Å². The van der Waals surface area contributed by atoms with Crippen LogP contribution in [0.3, 0.4) is 0 Å². The zero-order valence-electron chi connectivity index (χ0n) is 8.40. The fourth-order valence-corrected chi connectivity index (χ4v) is 1.30. The highest BCUT2D eigenvalue weighted by Gasteiger charge is 2.41. The molecule has 0 radical (unpaired) electrons. The second-order valence-corrected chi connectivity index (χ2v) is 4.15. The van der Waals surface area contributed by atoms with Gasteiger partial charge >= 0.3 is 5.97 Å². The van der Waals surface area contributed by atoms with E-state index in [0.29, 0.717) is 0 Å². The topological polar surface area (TPSA) is 47.9 Å². The third-order valence-electron chi connectivity index (χ3n) is 2.01. The van der Waals surface area contributed by atoms with Crippen molar-refractivity contribution in [3.05, 3.63) is 0 Å². The number of hydrogen-bond acceptors (Lipinski definition) is 4. The molecule has 0 bridgehead atoms. The van der Waals surface area contributed by atoms with Crippen molar-refractivity contribution in [3.63, 3.8) is 0 Å². The molecule has 0 aromatic rings. The van der Waals surface area contributed by atoms with Crippen LogP contribution in [-0.4, -0.2) is 31.6 Å². The summed E-state index contributed by atoms with van der Waals surface area (Å²) in [4.78, 5) is 15.2. The Balaban J connectivity index is 2.74. The van der Waals surface area contributed by atoms with E-state index in [1.165, 1.54) is 13.5 Å². The second-order valence-electron chi connectivity index (χ2n) is 4.15. The Morgan fingerprint density at radius 3 is 2.62 bits per heavy atom. The Labute approximate surface area is 77.9 Å². The van der Waals surface area contributed by atoms with E-state index in [1.54, 1.807) is 0 Å². The van der Waals surface area contributed by atoms with Gasteiger partial charge in [-0.1, -0.05) is 20.8 Å². The standard InChI is InChI=1S/C9H15NO3/c1-9(2,3)7-6(8(11)12-4)10-5-13-7/h5-7H,1-4H3/t6-,7+/m1/s1. The number of ether oxygens (including phenoxy) is 2. The van der Waals surface area contributed by atoms with E-state index in [1.807, 2.05) is 20.8 Å². The normalized spacial score (nSPS) is 27.1. The molecular weight excluding hydrogens is 170 g/mol. The molecule has 0 aromatic heterocycles. The number of methoxy groups -OCH3 is 1. The van der Waals surface area contributed by atoms with Crippen LogP contribution < -0.4 is 0 Å². The van der Waals surface area contributed by atoms with Gasteiger partial charge in [0.05, 0.1) is 7.11 Å². The molecule has 0 saturated carbocycles. The Hall–Kier alpha value is -1.06. The monoisotopic (exact) mass is 185 g/mol. The highest BCUT2D eigenvalue weighted by molar-refractivity contribution is 5.79. The molecule has 13 heavy (non-hydrogen) atoms. The van der Waals surface area contributed by atoms with Gasteiger partial charge in [-0.15, -0.1) is 0 Å². The van der Waals surface area contributed by atoms with Crippen LogP contribution in [0.4, 0.5) is 0 Å². The molecule has 4 heteroatoms. The minimum atomic E-state index is -0.509. The fourth-order valence-electron chi connectivity index (χ4n) is 1.30. The SMILES string of the molecule is COC(=O)[C@@H]1N=CO[C@@H]1C(C)(C)C. The van der Waals surface area contributed by atoms with Crippen LogP contribution in [0.25, 0.3) is 0 Å². The molecule has 1 heterocycles. The average molecular weight is 185 g/mol. The fraction of sp³-hybridized carbons (Fsp3) is 0.778. The first-order valence-corrected chi connectivity index (χ1v) is 4.21. The number of nitrogens with zero attached hydrogens (tertiary/aromatic N) is 1. The van der Waals surface area contributed by atoms with Crippen LogP contribution in [0.1, 0.15) is 20.8 Å². The van der Waals surface area contributed by atoms with E-state index < -0.39 is 6.04 Å². The molecule has 0 saturated heterocycles. The molecule has 1 rings (SSSR count). The molecule has 1 aliphatic rings. The molecule has 0 N–H and O–H groups in total. The molecule has 74 valence electrons. The number of aliphatic imine (C=N–C) groups is 1. The maximum Gasteiger partial charge on any atom is 0.334 e. The zero-order chi connectivity index (χ0) is 10.1. The summed E-state index contributed by atoms with van der Waals surface area (Å²) in [5.74, 6) is -0.339. The van der Waals surface area contributed by atoms with Gasteiger partial charge in [0.1, 0.15) is 6.10 Å². The summed E-state index contributed by atoms with van der Waals surface area (Å²) in [5, 5.41) is 0. The predicted octanol–water partition coefficient (Wildman–Crippen LogP) is 1.00. The third kappa shape index (κ3) is 1.99. The zero-order valence-corrected chi connectivity index (χ0v) is 8.40. The smallest absolute Gasteiger partial charge is 0.334 e. The second kappa shape index (κ2) is 3.36. The summed E-state index contributed by atoms with van der Waals surface area (Å²) in [6.45, 7) is 6.01. The van der Waals surface area contributed by atoms with Gasteiger partial charge in [0.15, 0.2) is 12.4 Å². The van der Waals surface area contributed by atoms with Crippen LogP contribution in [0.2, 0.25) is 0 Å². The molecule has 0 fully saturated rings. The Bertz CT molecular complexity index is 230. The molecular formula is C9H15NO3. The van der Waals surface area contributed by atoms with Crippen LogP contribution in [0, 0.1) is 5.41 Å². The predicted molar refractivity (Wildman–Crippen MR) is 48.6 cm³/mol. The van der Waals surface area contributed by atoms with E-state index in [-0.39, 0.29) is 17.5 Å². The highest BCUT2D eigenvalue weighted by atomic mass is 16.5. The molecule has 0 aliphatic carbocycles. The number of esters is 1. The van der Waals surface area contributed by atoms with Crippen molar-refractivity contribution in [1.29, 1.82) is 0 Å². The van der Waals surface area contributed by atoms with Crippen molar-refractivity contribution in [3.8, 4) is 0 Å². The lowest BCUT2D eigenvalue weighted by atomic mass is 9.85. The van der Waals surface area contributed by atoms with E-state index in [9.17, 15) is 4.79 Å². The van der Waals surface area contributed by atoms with Gasteiger partial charge in [0.2, 0.25) is 0 Å². The van der Waals surface area contributed by atoms with Crippen molar-refractivity contribution in [2.45, 2.75) is 32.9 Å². The summed E-state index contributed by atoms with van der Waals surface area (Å²) < 4.78 is 9.89. The summed E-state index contributed by atoms with van der Waals surface area (Å²) in [6.07, 6.45) is 1.11.